The molecule has 4 aliphatic rings. The molecular formula is C22H32N6O2. The predicted octanol–water partition coefficient (Wildman–Crippen LogP) is 2.18. The monoisotopic (exact) mass is 412 g/mol. The molecule has 1 aromatic heterocycles. The van der Waals surface area contributed by atoms with Crippen LogP contribution in [0.25, 0.3) is 0 Å². The minimum Gasteiger partial charge on any atom is -0.356 e. The second-order valence-corrected chi connectivity index (χ2v) is 9.17. The van der Waals surface area contributed by atoms with Crippen molar-refractivity contribution in [1.82, 2.24) is 20.3 Å². The molecular weight excluding hydrogens is 380 g/mol. The normalized spacial score (nSPS) is 28.8. The third-order valence-corrected chi connectivity index (χ3v) is 6.96. The second-order valence-electron chi connectivity index (χ2n) is 9.17. The van der Waals surface area contributed by atoms with Gasteiger partial charge in [-0.1, -0.05) is 5.92 Å². The van der Waals surface area contributed by atoms with E-state index in [-0.39, 0.29) is 11.3 Å². The van der Waals surface area contributed by atoms with Crippen LogP contribution in [0.4, 0.5) is 11.9 Å². The minimum atomic E-state index is -0.0947. The molecule has 1 heterocycles. The third kappa shape index (κ3) is 4.36. The van der Waals surface area contributed by atoms with Crippen molar-refractivity contribution in [3.8, 4) is 12.3 Å². The van der Waals surface area contributed by atoms with Gasteiger partial charge in [0.2, 0.25) is 11.9 Å². The molecule has 0 aromatic carbocycles. The van der Waals surface area contributed by atoms with Crippen molar-refractivity contribution in [3.05, 3.63) is 5.82 Å². The summed E-state index contributed by atoms with van der Waals surface area (Å²) >= 11 is 0. The highest BCUT2D eigenvalue weighted by molar-refractivity contribution is 5.83. The fourth-order valence-corrected chi connectivity index (χ4v) is 5.98. The van der Waals surface area contributed by atoms with Gasteiger partial charge in [0.25, 0.3) is 5.95 Å². The molecule has 0 unspecified atom stereocenters. The summed E-state index contributed by atoms with van der Waals surface area (Å²) < 4.78 is 0. The van der Waals surface area contributed by atoms with E-state index in [2.05, 4.69) is 31.5 Å². The van der Waals surface area contributed by atoms with Crippen LogP contribution in [0, 0.1) is 35.5 Å². The average molecular weight is 413 g/mol. The van der Waals surface area contributed by atoms with Crippen molar-refractivity contribution in [3.63, 3.8) is 0 Å². The van der Waals surface area contributed by atoms with E-state index in [0.29, 0.717) is 37.2 Å². The number of rotatable bonds is 9. The lowest BCUT2D eigenvalue weighted by Crippen LogP contribution is -2.53. The number of hydroxylamine groups is 1. The van der Waals surface area contributed by atoms with E-state index in [9.17, 15) is 4.79 Å². The number of aromatic nitrogens is 3. The fourth-order valence-electron chi connectivity index (χ4n) is 5.98. The molecule has 1 aromatic rings. The number of carbonyl (C=O) groups excluding carboxylic acids is 1. The molecule has 4 bridgehead atoms. The van der Waals surface area contributed by atoms with Gasteiger partial charge in [0.15, 0.2) is 0 Å². The molecule has 4 aliphatic carbocycles. The quantitative estimate of drug-likeness (QED) is 0.365. The molecule has 0 radical (unpaired) electrons. The zero-order valence-corrected chi connectivity index (χ0v) is 18.0. The van der Waals surface area contributed by atoms with E-state index in [1.54, 1.807) is 14.2 Å². The molecule has 0 atom stereocenters. The van der Waals surface area contributed by atoms with Crippen molar-refractivity contribution in [2.75, 3.05) is 37.6 Å². The highest BCUT2D eigenvalue weighted by Crippen LogP contribution is 2.60. The van der Waals surface area contributed by atoms with E-state index in [1.165, 1.54) is 24.3 Å². The number of nitrogens with one attached hydrogen (secondary N) is 2. The summed E-state index contributed by atoms with van der Waals surface area (Å²) in [7, 11) is 3.29. The van der Waals surface area contributed by atoms with Gasteiger partial charge in [-0.3, -0.25) is 9.63 Å². The first-order valence-corrected chi connectivity index (χ1v) is 11.0. The molecule has 2 N–H and O–H groups in total. The van der Waals surface area contributed by atoms with Crippen LogP contribution in [0.1, 0.15) is 50.8 Å². The van der Waals surface area contributed by atoms with Crippen molar-refractivity contribution in [2.24, 2.45) is 23.2 Å². The van der Waals surface area contributed by atoms with Gasteiger partial charge in [-0.15, -0.1) is 6.42 Å². The first-order valence-electron chi connectivity index (χ1n) is 11.0. The Kier molecular flexibility index (Phi) is 6.09. The summed E-state index contributed by atoms with van der Waals surface area (Å²) in [6.45, 7) is 0.968. The molecule has 8 heteroatoms. The smallest absolute Gasteiger partial charge is 0.254 e. The number of aryl methyl sites for hydroxylation is 1. The number of nitrogens with zero attached hydrogens (tertiary/aromatic N) is 4. The topological polar surface area (TPSA) is 92.3 Å². The van der Waals surface area contributed by atoms with Crippen LogP contribution in [0.15, 0.2) is 0 Å². The Labute approximate surface area is 178 Å². The summed E-state index contributed by atoms with van der Waals surface area (Å²) in [5.74, 6) is 6.60. The van der Waals surface area contributed by atoms with Gasteiger partial charge in [-0.25, -0.2) is 5.06 Å². The van der Waals surface area contributed by atoms with Crippen LogP contribution in [0.2, 0.25) is 0 Å². The fraction of sp³-hybridized carbons (Fsp3) is 0.727. The second kappa shape index (κ2) is 8.76. The molecule has 4 saturated carbocycles. The van der Waals surface area contributed by atoms with E-state index in [1.807, 2.05) is 0 Å². The van der Waals surface area contributed by atoms with Gasteiger partial charge in [0.05, 0.1) is 13.7 Å². The van der Waals surface area contributed by atoms with Gasteiger partial charge in [-0.2, -0.15) is 15.0 Å². The third-order valence-electron chi connectivity index (χ3n) is 6.96. The van der Waals surface area contributed by atoms with Gasteiger partial charge in [-0.05, 0) is 62.7 Å². The average Bonchev–Trinajstić information content (AvgIpc) is 2.73. The summed E-state index contributed by atoms with van der Waals surface area (Å²) in [4.78, 5) is 31.4. The Morgan fingerprint density at radius 1 is 1.20 bits per heavy atom. The maximum absolute atomic E-state index is 13.1. The zero-order valence-electron chi connectivity index (χ0n) is 18.0. The van der Waals surface area contributed by atoms with E-state index < -0.39 is 0 Å². The van der Waals surface area contributed by atoms with E-state index in [0.717, 1.165) is 43.4 Å². The lowest BCUT2D eigenvalue weighted by atomic mass is 9.49. The molecule has 30 heavy (non-hydrogen) atoms. The van der Waals surface area contributed by atoms with Crippen molar-refractivity contribution < 1.29 is 9.63 Å². The number of amides is 1. The van der Waals surface area contributed by atoms with Crippen molar-refractivity contribution >= 4 is 17.8 Å². The number of hydrogen-bond acceptors (Lipinski definition) is 7. The summed E-state index contributed by atoms with van der Waals surface area (Å²) in [5.41, 5.74) is -0.0947. The summed E-state index contributed by atoms with van der Waals surface area (Å²) in [6, 6.07) is 0. The molecule has 162 valence electrons. The van der Waals surface area contributed by atoms with Crippen molar-refractivity contribution in [1.29, 1.82) is 0 Å². The zero-order chi connectivity index (χ0) is 21.1. The molecule has 5 rings (SSSR count). The largest absolute Gasteiger partial charge is 0.356 e. The maximum Gasteiger partial charge on any atom is 0.254 e. The Morgan fingerprint density at radius 3 is 2.47 bits per heavy atom. The Hall–Kier alpha value is -2.40. The molecule has 0 saturated heterocycles. The van der Waals surface area contributed by atoms with E-state index >= 15 is 0 Å². The van der Waals surface area contributed by atoms with Crippen LogP contribution >= 0.6 is 0 Å². The van der Waals surface area contributed by atoms with Crippen LogP contribution in [0.5, 0.6) is 0 Å². The summed E-state index contributed by atoms with van der Waals surface area (Å²) in [5, 5.41) is 7.68. The molecule has 0 spiro atoms. The van der Waals surface area contributed by atoms with Gasteiger partial charge >= 0.3 is 0 Å². The van der Waals surface area contributed by atoms with Crippen LogP contribution in [0.3, 0.4) is 0 Å². The van der Waals surface area contributed by atoms with Crippen molar-refractivity contribution in [2.45, 2.75) is 51.4 Å². The lowest BCUT2D eigenvalue weighted by molar-refractivity contribution is -0.146. The number of anilines is 2. The minimum absolute atomic E-state index is 0.0947. The van der Waals surface area contributed by atoms with Gasteiger partial charge < -0.3 is 10.6 Å². The van der Waals surface area contributed by atoms with Crippen LogP contribution in [-0.2, 0) is 16.1 Å². The molecule has 0 aliphatic heterocycles. The maximum atomic E-state index is 13.1. The van der Waals surface area contributed by atoms with E-state index in [4.69, 9.17) is 11.3 Å². The Bertz CT molecular complexity index is 785. The highest BCUT2D eigenvalue weighted by atomic mass is 16.7. The highest BCUT2D eigenvalue weighted by Gasteiger charge is 2.54. The first-order chi connectivity index (χ1) is 14.5. The Balaban J connectivity index is 1.32. The van der Waals surface area contributed by atoms with Gasteiger partial charge in [0, 0.05) is 25.4 Å². The SMILES string of the molecule is C#CCNc1nc(CCCNC(=O)C23CC4CC(CC(C4)C2)C3)nc(N(C)OC)n1. The lowest BCUT2D eigenvalue weighted by Gasteiger charge is -2.55. The van der Waals surface area contributed by atoms with Gasteiger partial charge in [0.1, 0.15) is 5.82 Å². The number of terminal acetylenes is 1. The Morgan fingerprint density at radius 2 is 1.87 bits per heavy atom. The first kappa shape index (κ1) is 20.9. The van der Waals surface area contributed by atoms with Crippen LogP contribution in [-0.4, -0.2) is 48.1 Å². The predicted molar refractivity (Wildman–Crippen MR) is 114 cm³/mol. The molecule has 8 nitrogen and oxygen atoms in total. The number of hydrogen-bond donors (Lipinski definition) is 2. The van der Waals surface area contributed by atoms with Crippen LogP contribution < -0.4 is 15.7 Å². The standard InChI is InChI=1S/C22H32N6O2/c1-4-7-24-20-25-18(26-21(27-20)28(2)30-3)6-5-8-23-19(29)22-12-15-9-16(13-22)11-17(10-15)14-22/h1,15-17H,5-14H2,2-3H3,(H,23,29)(H,24,25,26,27). The molecule has 1 amide bonds. The number of carbonyl (C=O) groups is 1. The molecule has 4 fully saturated rings. The summed E-state index contributed by atoms with van der Waals surface area (Å²) in [6.07, 6.45) is 14.0.